The van der Waals surface area contributed by atoms with Gasteiger partial charge in [0.15, 0.2) is 0 Å². The number of carbonyl (C=O) groups is 2. The first-order chi connectivity index (χ1) is 7.76. The number of hydrogen-bond donors (Lipinski definition) is 1. The van der Waals surface area contributed by atoms with Crippen molar-refractivity contribution in [3.63, 3.8) is 0 Å². The van der Waals surface area contributed by atoms with Gasteiger partial charge in [-0.15, -0.1) is 0 Å². The summed E-state index contributed by atoms with van der Waals surface area (Å²) in [6, 6.07) is -0.191. The Hall–Kier alpha value is -1.58. The van der Waals surface area contributed by atoms with Gasteiger partial charge in [-0.1, -0.05) is 12.2 Å². The molecule has 0 heterocycles. The van der Waals surface area contributed by atoms with Crippen molar-refractivity contribution in [1.82, 2.24) is 10.2 Å². The van der Waals surface area contributed by atoms with E-state index >= 15 is 0 Å². The highest BCUT2D eigenvalue weighted by molar-refractivity contribution is 5.76. The van der Waals surface area contributed by atoms with Gasteiger partial charge in [0.05, 0.1) is 0 Å². The van der Waals surface area contributed by atoms with Crippen molar-refractivity contribution in [3.8, 4) is 0 Å². The summed E-state index contributed by atoms with van der Waals surface area (Å²) in [5.74, 6) is 0. The van der Waals surface area contributed by atoms with Crippen LogP contribution in [-0.2, 0) is 4.79 Å². The molecule has 0 bridgehead atoms. The van der Waals surface area contributed by atoms with Crippen LogP contribution in [0.4, 0.5) is 4.79 Å². The van der Waals surface area contributed by atoms with E-state index in [0.717, 1.165) is 19.3 Å². The Morgan fingerprint density at radius 1 is 1.38 bits per heavy atom. The van der Waals surface area contributed by atoms with Gasteiger partial charge < -0.3 is 10.2 Å². The minimum atomic E-state index is -0.191. The lowest BCUT2D eigenvalue weighted by molar-refractivity contribution is -0.104. The van der Waals surface area contributed by atoms with Gasteiger partial charge in [0.25, 0.3) is 0 Å². The second kappa shape index (κ2) is 9.96. The molecule has 0 rings (SSSR count). The topological polar surface area (TPSA) is 49.4 Å². The molecule has 0 fully saturated rings. The highest BCUT2D eigenvalue weighted by atomic mass is 16.2. The summed E-state index contributed by atoms with van der Waals surface area (Å²) in [5, 5.41) is 2.53. The molecule has 4 nitrogen and oxygen atoms in total. The van der Waals surface area contributed by atoms with Gasteiger partial charge in [0.2, 0.25) is 0 Å². The van der Waals surface area contributed by atoms with Gasteiger partial charge in [-0.2, -0.15) is 0 Å². The predicted molar refractivity (Wildman–Crippen MR) is 65.0 cm³/mol. The zero-order valence-electron chi connectivity index (χ0n) is 9.98. The van der Waals surface area contributed by atoms with Crippen LogP contribution in [0.5, 0.6) is 0 Å². The van der Waals surface area contributed by atoms with Crippen molar-refractivity contribution in [1.29, 1.82) is 0 Å². The maximum Gasteiger partial charge on any atom is 0.321 e. The van der Waals surface area contributed by atoms with Crippen molar-refractivity contribution in [3.05, 3.63) is 24.4 Å². The molecular formula is C12H20N2O2. The fraction of sp³-hybridized carbons (Fsp3) is 0.500. The third-order valence-electron chi connectivity index (χ3n) is 2.07. The van der Waals surface area contributed by atoms with E-state index < -0.39 is 0 Å². The smallest absolute Gasteiger partial charge is 0.321 e. The number of amides is 2. The van der Waals surface area contributed by atoms with Crippen LogP contribution in [0.2, 0.25) is 0 Å². The van der Waals surface area contributed by atoms with Crippen molar-refractivity contribution in [2.75, 3.05) is 13.6 Å². The molecule has 2 amide bonds. The third-order valence-corrected chi connectivity index (χ3v) is 2.07. The summed E-state index contributed by atoms with van der Waals surface area (Å²) in [6.07, 6.45) is 10.6. The number of hydrogen-bond acceptors (Lipinski definition) is 2. The average molecular weight is 224 g/mol. The second-order valence-electron chi connectivity index (χ2n) is 3.29. The minimum absolute atomic E-state index is 0.191. The molecule has 0 saturated heterocycles. The highest BCUT2D eigenvalue weighted by Gasteiger charge is 2.06. The van der Waals surface area contributed by atoms with E-state index in [9.17, 15) is 9.59 Å². The molecule has 0 aliphatic heterocycles. The fourth-order valence-corrected chi connectivity index (χ4v) is 1.24. The number of allylic oxidation sites excluding steroid dienone is 3. The molecule has 0 aliphatic carbocycles. The molecule has 0 radical (unpaired) electrons. The molecular weight excluding hydrogens is 204 g/mol. The van der Waals surface area contributed by atoms with Crippen molar-refractivity contribution >= 4 is 12.3 Å². The summed E-state index contributed by atoms with van der Waals surface area (Å²) >= 11 is 0. The van der Waals surface area contributed by atoms with Crippen molar-refractivity contribution < 1.29 is 9.59 Å². The Bertz CT molecular complexity index is 260. The quantitative estimate of drug-likeness (QED) is 0.311. The lowest BCUT2D eigenvalue weighted by atomic mass is 10.2. The van der Waals surface area contributed by atoms with Crippen LogP contribution in [0.15, 0.2) is 24.4 Å². The molecule has 4 heteroatoms. The second-order valence-corrected chi connectivity index (χ2v) is 3.29. The fourth-order valence-electron chi connectivity index (χ4n) is 1.24. The summed E-state index contributed by atoms with van der Waals surface area (Å²) in [4.78, 5) is 23.1. The molecule has 16 heavy (non-hydrogen) atoms. The van der Waals surface area contributed by atoms with E-state index in [1.54, 1.807) is 7.05 Å². The van der Waals surface area contributed by atoms with E-state index in [1.807, 2.05) is 13.0 Å². The van der Waals surface area contributed by atoms with Crippen LogP contribution >= 0.6 is 0 Å². The lowest BCUT2D eigenvalue weighted by Crippen LogP contribution is -2.34. The number of nitrogens with one attached hydrogen (secondary N) is 1. The number of unbranched alkanes of at least 4 members (excludes halogenated alkanes) is 2. The molecule has 90 valence electrons. The molecule has 0 aromatic carbocycles. The molecule has 0 saturated carbocycles. The normalized spacial score (nSPS) is 10.9. The standard InChI is InChI=1S/C12H20N2O2/c1-3-4-5-6-7-9-14(10-8-11-15)12(16)13-2/h3-4,8,10-11H,5-7,9H2,1-2H3,(H,13,16)/b4-3+,10-8-. The summed E-state index contributed by atoms with van der Waals surface area (Å²) in [7, 11) is 1.57. The predicted octanol–water partition coefficient (Wildman–Crippen LogP) is 2.09. The Balaban J connectivity index is 3.96. The number of aldehydes is 1. The summed E-state index contributed by atoms with van der Waals surface area (Å²) in [6.45, 7) is 2.62. The summed E-state index contributed by atoms with van der Waals surface area (Å²) < 4.78 is 0. The molecule has 0 atom stereocenters. The molecule has 0 aromatic heterocycles. The molecule has 1 N–H and O–H groups in total. The van der Waals surface area contributed by atoms with E-state index in [1.165, 1.54) is 17.2 Å². The van der Waals surface area contributed by atoms with Crippen LogP contribution in [0.3, 0.4) is 0 Å². The van der Waals surface area contributed by atoms with Crippen LogP contribution in [0, 0.1) is 0 Å². The van der Waals surface area contributed by atoms with Crippen LogP contribution < -0.4 is 5.32 Å². The average Bonchev–Trinajstić information content (AvgIpc) is 2.31. The number of nitrogens with zero attached hydrogens (tertiary/aromatic N) is 1. The monoisotopic (exact) mass is 224 g/mol. The SMILES string of the molecule is C/C=C/CCCCN(/C=C\C=O)C(=O)NC. The van der Waals surface area contributed by atoms with Gasteiger partial charge in [-0.25, -0.2) is 4.79 Å². The third kappa shape index (κ3) is 6.81. The van der Waals surface area contributed by atoms with E-state index in [4.69, 9.17) is 0 Å². The van der Waals surface area contributed by atoms with Crippen LogP contribution in [0.1, 0.15) is 26.2 Å². The first-order valence-electron chi connectivity index (χ1n) is 5.47. The maximum absolute atomic E-state index is 11.4. The number of urea groups is 1. The number of rotatable bonds is 7. The van der Waals surface area contributed by atoms with Gasteiger partial charge in [-0.3, -0.25) is 4.79 Å². The summed E-state index contributed by atoms with van der Waals surface area (Å²) in [5.41, 5.74) is 0. The largest absolute Gasteiger partial charge is 0.341 e. The van der Waals surface area contributed by atoms with Gasteiger partial charge in [0.1, 0.15) is 6.29 Å². The van der Waals surface area contributed by atoms with E-state index in [-0.39, 0.29) is 6.03 Å². The molecule has 0 unspecified atom stereocenters. The van der Waals surface area contributed by atoms with Crippen LogP contribution in [0.25, 0.3) is 0 Å². The molecule has 0 aromatic rings. The van der Waals surface area contributed by atoms with Gasteiger partial charge in [-0.05, 0) is 32.3 Å². The molecule has 0 aliphatic rings. The first kappa shape index (κ1) is 14.4. The van der Waals surface area contributed by atoms with Gasteiger partial charge in [0, 0.05) is 19.8 Å². The van der Waals surface area contributed by atoms with Crippen molar-refractivity contribution in [2.24, 2.45) is 0 Å². The Morgan fingerprint density at radius 3 is 2.69 bits per heavy atom. The van der Waals surface area contributed by atoms with Crippen LogP contribution in [-0.4, -0.2) is 30.8 Å². The highest BCUT2D eigenvalue weighted by Crippen LogP contribution is 2.01. The van der Waals surface area contributed by atoms with E-state index in [0.29, 0.717) is 12.8 Å². The zero-order valence-corrected chi connectivity index (χ0v) is 9.98. The number of carbonyl (C=O) groups excluding carboxylic acids is 2. The van der Waals surface area contributed by atoms with Gasteiger partial charge >= 0.3 is 6.03 Å². The maximum atomic E-state index is 11.4. The van der Waals surface area contributed by atoms with Crippen molar-refractivity contribution in [2.45, 2.75) is 26.2 Å². The Labute approximate surface area is 97.0 Å². The molecule has 0 spiro atoms. The zero-order chi connectivity index (χ0) is 12.2. The Morgan fingerprint density at radius 2 is 2.12 bits per heavy atom. The Kier molecular flexibility index (Phi) is 8.97. The van der Waals surface area contributed by atoms with E-state index in [2.05, 4.69) is 11.4 Å². The first-order valence-corrected chi connectivity index (χ1v) is 5.47. The lowest BCUT2D eigenvalue weighted by Gasteiger charge is -2.17. The minimum Gasteiger partial charge on any atom is -0.341 e.